The summed E-state index contributed by atoms with van der Waals surface area (Å²) < 4.78 is 0. The molecule has 0 spiro atoms. The van der Waals surface area contributed by atoms with Gasteiger partial charge >= 0.3 is 0 Å². The third-order valence-corrected chi connectivity index (χ3v) is 2.10. The van der Waals surface area contributed by atoms with Crippen LogP contribution in [0.15, 0.2) is 35.4 Å². The Bertz CT molecular complexity index is 380. The molecule has 5 heteroatoms. The molecule has 1 aromatic carbocycles. The molecule has 1 unspecified atom stereocenters. The summed E-state index contributed by atoms with van der Waals surface area (Å²) in [5.74, 6) is -0.117. The third-order valence-electron chi connectivity index (χ3n) is 2.10. The number of carbonyl (C=O) groups excluding carboxylic acids is 1. The van der Waals surface area contributed by atoms with Gasteiger partial charge in [0, 0.05) is 24.4 Å². The fourth-order valence-corrected chi connectivity index (χ4v) is 1.48. The SMILES string of the molecule is CC(=O)NC(CN=[N+]=[N-])Cc1ccccc1. The van der Waals surface area contributed by atoms with Crippen molar-refractivity contribution in [3.63, 3.8) is 0 Å². The van der Waals surface area contributed by atoms with Gasteiger partial charge in [-0.1, -0.05) is 35.4 Å². The summed E-state index contributed by atoms with van der Waals surface area (Å²) >= 11 is 0. The zero-order valence-corrected chi connectivity index (χ0v) is 9.13. The lowest BCUT2D eigenvalue weighted by Crippen LogP contribution is -2.37. The van der Waals surface area contributed by atoms with E-state index in [9.17, 15) is 4.79 Å². The maximum absolute atomic E-state index is 11.0. The lowest BCUT2D eigenvalue weighted by molar-refractivity contribution is -0.119. The normalized spacial score (nSPS) is 11.3. The van der Waals surface area contributed by atoms with E-state index in [4.69, 9.17) is 5.53 Å². The summed E-state index contributed by atoms with van der Waals surface area (Å²) in [7, 11) is 0. The smallest absolute Gasteiger partial charge is 0.217 e. The highest BCUT2D eigenvalue weighted by atomic mass is 16.1. The van der Waals surface area contributed by atoms with Crippen LogP contribution in [0.2, 0.25) is 0 Å². The molecule has 0 bridgehead atoms. The van der Waals surface area contributed by atoms with E-state index >= 15 is 0 Å². The van der Waals surface area contributed by atoms with Gasteiger partial charge in [0.1, 0.15) is 0 Å². The molecular weight excluding hydrogens is 204 g/mol. The molecular formula is C11H14N4O. The Labute approximate surface area is 94.1 Å². The molecule has 5 nitrogen and oxygen atoms in total. The second kappa shape index (κ2) is 6.48. The summed E-state index contributed by atoms with van der Waals surface area (Å²) in [5, 5.41) is 6.25. The van der Waals surface area contributed by atoms with E-state index in [-0.39, 0.29) is 18.5 Å². The first kappa shape index (κ1) is 12.1. The maximum atomic E-state index is 11.0. The molecule has 1 rings (SSSR count). The first-order valence-electron chi connectivity index (χ1n) is 5.04. The average molecular weight is 218 g/mol. The van der Waals surface area contributed by atoms with Crippen LogP contribution in [0.25, 0.3) is 10.4 Å². The van der Waals surface area contributed by atoms with E-state index in [1.165, 1.54) is 6.92 Å². The Kier molecular flexibility index (Phi) is 4.89. The molecule has 0 aliphatic rings. The van der Waals surface area contributed by atoms with Crippen LogP contribution in [0.5, 0.6) is 0 Å². The van der Waals surface area contributed by atoms with Crippen LogP contribution in [0, 0.1) is 0 Å². The van der Waals surface area contributed by atoms with Gasteiger partial charge in [0.15, 0.2) is 0 Å². The lowest BCUT2D eigenvalue weighted by Gasteiger charge is -2.15. The molecule has 1 aromatic rings. The van der Waals surface area contributed by atoms with Gasteiger partial charge in [-0.3, -0.25) is 4.79 Å². The number of benzene rings is 1. The zero-order valence-electron chi connectivity index (χ0n) is 9.13. The van der Waals surface area contributed by atoms with E-state index in [0.29, 0.717) is 6.42 Å². The number of rotatable bonds is 5. The predicted molar refractivity (Wildman–Crippen MR) is 61.8 cm³/mol. The molecule has 84 valence electrons. The van der Waals surface area contributed by atoms with Crippen molar-refractivity contribution in [3.8, 4) is 0 Å². The molecule has 0 saturated carbocycles. The minimum absolute atomic E-state index is 0.117. The number of hydrogen-bond acceptors (Lipinski definition) is 2. The molecule has 16 heavy (non-hydrogen) atoms. The number of amides is 1. The molecule has 0 fully saturated rings. The van der Waals surface area contributed by atoms with Crippen LogP contribution in [0.4, 0.5) is 0 Å². The van der Waals surface area contributed by atoms with Crippen molar-refractivity contribution in [2.45, 2.75) is 19.4 Å². The molecule has 1 N–H and O–H groups in total. The Balaban J connectivity index is 2.62. The number of azide groups is 1. The third kappa shape index (κ3) is 4.48. The highest BCUT2D eigenvalue weighted by molar-refractivity contribution is 5.73. The van der Waals surface area contributed by atoms with E-state index in [0.717, 1.165) is 5.56 Å². The minimum atomic E-state index is -0.143. The quantitative estimate of drug-likeness (QED) is 0.458. The zero-order chi connectivity index (χ0) is 11.8. The fraction of sp³-hybridized carbons (Fsp3) is 0.364. The monoisotopic (exact) mass is 218 g/mol. The Hall–Kier alpha value is -2.00. The standard InChI is InChI=1S/C11H14N4O/c1-9(16)14-11(8-13-15-12)7-10-5-3-2-4-6-10/h2-6,11H,7-8H2,1H3,(H,14,16). The number of hydrogen-bond donors (Lipinski definition) is 1. The molecule has 0 saturated heterocycles. The van der Waals surface area contributed by atoms with Crippen molar-refractivity contribution in [1.82, 2.24) is 5.32 Å². The maximum Gasteiger partial charge on any atom is 0.217 e. The number of nitrogens with one attached hydrogen (secondary N) is 1. The van der Waals surface area contributed by atoms with Crippen molar-refractivity contribution in [3.05, 3.63) is 46.3 Å². The van der Waals surface area contributed by atoms with Crippen LogP contribution in [0.3, 0.4) is 0 Å². The van der Waals surface area contributed by atoms with E-state index in [2.05, 4.69) is 15.3 Å². The van der Waals surface area contributed by atoms with Crippen LogP contribution in [0.1, 0.15) is 12.5 Å². The van der Waals surface area contributed by atoms with Gasteiger partial charge in [-0.05, 0) is 17.5 Å². The van der Waals surface area contributed by atoms with Crippen molar-refractivity contribution in [2.75, 3.05) is 6.54 Å². The molecule has 0 aliphatic carbocycles. The minimum Gasteiger partial charge on any atom is -0.353 e. The van der Waals surface area contributed by atoms with Crippen LogP contribution < -0.4 is 5.32 Å². The Morgan fingerprint density at radius 1 is 1.50 bits per heavy atom. The van der Waals surface area contributed by atoms with Crippen molar-refractivity contribution >= 4 is 5.91 Å². The van der Waals surface area contributed by atoms with Gasteiger partial charge in [-0.15, -0.1) is 0 Å². The van der Waals surface area contributed by atoms with Crippen molar-refractivity contribution in [2.24, 2.45) is 5.11 Å². The topological polar surface area (TPSA) is 77.9 Å². The van der Waals surface area contributed by atoms with Crippen molar-refractivity contribution in [1.29, 1.82) is 0 Å². The molecule has 0 radical (unpaired) electrons. The van der Waals surface area contributed by atoms with Crippen LogP contribution in [-0.2, 0) is 11.2 Å². The first-order valence-corrected chi connectivity index (χ1v) is 5.04. The Morgan fingerprint density at radius 2 is 2.19 bits per heavy atom. The van der Waals surface area contributed by atoms with Gasteiger partial charge < -0.3 is 5.32 Å². The van der Waals surface area contributed by atoms with Crippen LogP contribution >= 0.6 is 0 Å². The highest BCUT2D eigenvalue weighted by Crippen LogP contribution is 2.03. The Morgan fingerprint density at radius 3 is 2.75 bits per heavy atom. The van der Waals surface area contributed by atoms with Gasteiger partial charge in [-0.2, -0.15) is 0 Å². The van der Waals surface area contributed by atoms with Gasteiger partial charge in [0.2, 0.25) is 5.91 Å². The lowest BCUT2D eigenvalue weighted by atomic mass is 10.1. The molecule has 1 amide bonds. The second-order valence-corrected chi connectivity index (χ2v) is 3.50. The van der Waals surface area contributed by atoms with E-state index < -0.39 is 0 Å². The molecule has 0 aromatic heterocycles. The highest BCUT2D eigenvalue weighted by Gasteiger charge is 2.09. The molecule has 0 aliphatic heterocycles. The number of nitrogens with zero attached hydrogens (tertiary/aromatic N) is 3. The van der Waals surface area contributed by atoms with Gasteiger partial charge in [0.05, 0.1) is 0 Å². The fourth-order valence-electron chi connectivity index (χ4n) is 1.48. The van der Waals surface area contributed by atoms with Crippen molar-refractivity contribution < 1.29 is 4.79 Å². The van der Waals surface area contributed by atoms with E-state index in [1.54, 1.807) is 0 Å². The molecule has 0 heterocycles. The summed E-state index contributed by atoms with van der Waals surface area (Å²) in [5.41, 5.74) is 9.37. The summed E-state index contributed by atoms with van der Waals surface area (Å²) in [6.45, 7) is 1.72. The first-order chi connectivity index (χ1) is 7.72. The summed E-state index contributed by atoms with van der Waals surface area (Å²) in [4.78, 5) is 13.7. The number of carbonyl (C=O) groups is 1. The average Bonchev–Trinajstić information content (AvgIpc) is 2.26. The predicted octanol–water partition coefficient (Wildman–Crippen LogP) is 2.04. The summed E-state index contributed by atoms with van der Waals surface area (Å²) in [6, 6.07) is 9.62. The second-order valence-electron chi connectivity index (χ2n) is 3.50. The summed E-state index contributed by atoms with van der Waals surface area (Å²) in [6.07, 6.45) is 0.666. The van der Waals surface area contributed by atoms with Crippen LogP contribution in [-0.4, -0.2) is 18.5 Å². The van der Waals surface area contributed by atoms with E-state index in [1.807, 2.05) is 30.3 Å². The molecule has 1 atom stereocenters. The van der Waals surface area contributed by atoms with Gasteiger partial charge in [-0.25, -0.2) is 0 Å². The largest absolute Gasteiger partial charge is 0.353 e. The van der Waals surface area contributed by atoms with Gasteiger partial charge in [0.25, 0.3) is 0 Å².